The number of carbonyl (C=O) groups is 1. The van der Waals surface area contributed by atoms with E-state index in [0.717, 1.165) is 31.1 Å². The molecule has 6 heteroatoms. The van der Waals surface area contributed by atoms with Gasteiger partial charge in [0.1, 0.15) is 23.0 Å². The molecule has 0 radical (unpaired) electrons. The molecule has 2 atom stereocenters. The summed E-state index contributed by atoms with van der Waals surface area (Å²) in [6.45, 7) is 2.17. The van der Waals surface area contributed by atoms with Crippen LogP contribution >= 0.6 is 11.6 Å². The van der Waals surface area contributed by atoms with E-state index in [2.05, 4.69) is 6.92 Å². The number of rotatable bonds is 4. The predicted molar refractivity (Wildman–Crippen MR) is 116 cm³/mol. The molecule has 1 saturated carbocycles. The number of fused-ring (bicyclic) bond motifs is 1. The lowest BCUT2D eigenvalue weighted by Crippen LogP contribution is -2.24. The van der Waals surface area contributed by atoms with Crippen LogP contribution in [0.4, 0.5) is 0 Å². The number of methoxy groups -OCH3 is 1. The Hall–Kier alpha value is -2.79. The van der Waals surface area contributed by atoms with Gasteiger partial charge in [-0.3, -0.25) is 0 Å². The summed E-state index contributed by atoms with van der Waals surface area (Å²) in [5.41, 5.74) is 0.976. The monoisotopic (exact) mass is 426 g/mol. The fraction of sp³-hybridized carbons (Fsp3) is 0.333. The Morgan fingerprint density at radius 1 is 1.13 bits per heavy atom. The van der Waals surface area contributed by atoms with E-state index in [1.165, 1.54) is 13.2 Å². The number of hydrogen-bond donors (Lipinski definition) is 0. The number of para-hydroxylation sites is 1. The van der Waals surface area contributed by atoms with Crippen LogP contribution in [0.1, 0.15) is 43.0 Å². The normalized spacial score (nSPS) is 18.9. The van der Waals surface area contributed by atoms with Crippen LogP contribution < -0.4 is 10.4 Å². The highest BCUT2D eigenvalue weighted by molar-refractivity contribution is 6.33. The molecule has 30 heavy (non-hydrogen) atoms. The first-order chi connectivity index (χ1) is 14.5. The minimum absolute atomic E-state index is 0.100. The Morgan fingerprint density at radius 2 is 1.93 bits per heavy atom. The maximum atomic E-state index is 12.8. The van der Waals surface area contributed by atoms with Crippen LogP contribution in [0.3, 0.4) is 0 Å². The standard InChI is InChI=1S/C24H23ClO5/c1-14-6-5-8-16(10-14)29-24(27)19-12-20(25)17(13-22(19)28-2)18-11-15-7-3-4-9-21(15)30-23(18)26/h3-4,7,9,11-14,16H,5-6,8,10H2,1-2H3. The van der Waals surface area contributed by atoms with Crippen LogP contribution in [-0.2, 0) is 4.74 Å². The van der Waals surface area contributed by atoms with Crippen molar-refractivity contribution >= 4 is 28.5 Å². The van der Waals surface area contributed by atoms with Crippen molar-refractivity contribution in [2.45, 2.75) is 38.7 Å². The van der Waals surface area contributed by atoms with Crippen molar-refractivity contribution in [3.05, 3.63) is 63.5 Å². The van der Waals surface area contributed by atoms with Gasteiger partial charge < -0.3 is 13.9 Å². The Kier molecular flexibility index (Phi) is 5.82. The molecule has 1 fully saturated rings. The fourth-order valence-corrected chi connectivity index (χ4v) is 4.30. The maximum Gasteiger partial charge on any atom is 0.344 e. The second-order valence-electron chi connectivity index (χ2n) is 7.82. The van der Waals surface area contributed by atoms with E-state index in [1.54, 1.807) is 24.3 Å². The van der Waals surface area contributed by atoms with E-state index >= 15 is 0 Å². The highest BCUT2D eigenvalue weighted by atomic mass is 35.5. The SMILES string of the molecule is COc1cc(-c2cc3ccccc3oc2=O)c(Cl)cc1C(=O)OC1CCCC(C)C1. The lowest BCUT2D eigenvalue weighted by atomic mass is 9.89. The molecule has 156 valence electrons. The Labute approximate surface area is 179 Å². The van der Waals surface area contributed by atoms with Crippen LogP contribution in [0.2, 0.25) is 5.02 Å². The molecule has 0 spiro atoms. The molecule has 0 amide bonds. The summed E-state index contributed by atoms with van der Waals surface area (Å²) in [7, 11) is 1.47. The second-order valence-corrected chi connectivity index (χ2v) is 8.22. The van der Waals surface area contributed by atoms with Crippen molar-refractivity contribution < 1.29 is 18.7 Å². The Bertz CT molecular complexity index is 1150. The highest BCUT2D eigenvalue weighted by Crippen LogP contribution is 2.35. The highest BCUT2D eigenvalue weighted by Gasteiger charge is 2.25. The third-order valence-corrected chi connectivity index (χ3v) is 5.92. The summed E-state index contributed by atoms with van der Waals surface area (Å²) in [6, 6.07) is 12.1. The Balaban J connectivity index is 1.70. The molecule has 3 aromatic rings. The molecule has 1 aliphatic carbocycles. The quantitative estimate of drug-likeness (QED) is 0.386. The van der Waals surface area contributed by atoms with E-state index in [4.69, 9.17) is 25.5 Å². The van der Waals surface area contributed by atoms with E-state index in [-0.39, 0.29) is 16.7 Å². The van der Waals surface area contributed by atoms with Gasteiger partial charge in [-0.15, -0.1) is 0 Å². The van der Waals surface area contributed by atoms with E-state index in [1.807, 2.05) is 12.1 Å². The zero-order valence-electron chi connectivity index (χ0n) is 16.9. The lowest BCUT2D eigenvalue weighted by molar-refractivity contribution is 0.0152. The lowest BCUT2D eigenvalue weighted by Gasteiger charge is -2.26. The molecule has 1 aliphatic rings. The minimum Gasteiger partial charge on any atom is -0.496 e. The van der Waals surface area contributed by atoms with Crippen molar-refractivity contribution in [1.29, 1.82) is 0 Å². The zero-order chi connectivity index (χ0) is 21.3. The summed E-state index contributed by atoms with van der Waals surface area (Å²) >= 11 is 6.48. The molecule has 4 rings (SSSR count). The summed E-state index contributed by atoms with van der Waals surface area (Å²) in [6.07, 6.45) is 3.83. The van der Waals surface area contributed by atoms with Gasteiger partial charge in [-0.05, 0) is 49.4 Å². The molecular formula is C24H23ClO5. The first kappa shape index (κ1) is 20.5. The van der Waals surface area contributed by atoms with Crippen LogP contribution in [0.25, 0.3) is 22.1 Å². The summed E-state index contributed by atoms with van der Waals surface area (Å²) in [4.78, 5) is 25.3. The van der Waals surface area contributed by atoms with Crippen molar-refractivity contribution in [2.24, 2.45) is 5.92 Å². The van der Waals surface area contributed by atoms with Crippen LogP contribution in [0.5, 0.6) is 5.75 Å². The maximum absolute atomic E-state index is 12.8. The fourth-order valence-electron chi connectivity index (χ4n) is 4.04. The van der Waals surface area contributed by atoms with Gasteiger partial charge in [-0.25, -0.2) is 9.59 Å². The number of esters is 1. The van der Waals surface area contributed by atoms with E-state index < -0.39 is 11.6 Å². The summed E-state index contributed by atoms with van der Waals surface area (Å²) in [5, 5.41) is 1.03. The van der Waals surface area contributed by atoms with Gasteiger partial charge >= 0.3 is 11.6 Å². The second kappa shape index (κ2) is 8.52. The third-order valence-electron chi connectivity index (χ3n) is 5.60. The molecule has 0 N–H and O–H groups in total. The molecule has 2 unspecified atom stereocenters. The summed E-state index contributed by atoms with van der Waals surface area (Å²) in [5.74, 6) is 0.373. The Morgan fingerprint density at radius 3 is 2.70 bits per heavy atom. The van der Waals surface area contributed by atoms with E-state index in [0.29, 0.717) is 28.4 Å². The first-order valence-electron chi connectivity index (χ1n) is 10.1. The predicted octanol–water partition coefficient (Wildman–Crippen LogP) is 5.86. The van der Waals surface area contributed by atoms with E-state index in [9.17, 15) is 9.59 Å². The molecule has 0 saturated heterocycles. The van der Waals surface area contributed by atoms with Gasteiger partial charge in [0.15, 0.2) is 0 Å². The smallest absolute Gasteiger partial charge is 0.344 e. The molecule has 0 aliphatic heterocycles. The molecule has 5 nitrogen and oxygen atoms in total. The molecule has 2 aromatic carbocycles. The average Bonchev–Trinajstić information content (AvgIpc) is 2.73. The third kappa shape index (κ3) is 4.08. The number of halogens is 1. The number of hydrogen-bond acceptors (Lipinski definition) is 5. The topological polar surface area (TPSA) is 65.7 Å². The van der Waals surface area contributed by atoms with Gasteiger partial charge in [0, 0.05) is 16.0 Å². The number of carbonyl (C=O) groups excluding carboxylic acids is 1. The van der Waals surface area contributed by atoms with Gasteiger partial charge in [-0.2, -0.15) is 0 Å². The van der Waals surface area contributed by atoms with Gasteiger partial charge in [0.05, 0.1) is 12.7 Å². The van der Waals surface area contributed by atoms with Crippen LogP contribution in [-0.4, -0.2) is 19.2 Å². The van der Waals surface area contributed by atoms with Crippen molar-refractivity contribution in [1.82, 2.24) is 0 Å². The van der Waals surface area contributed by atoms with Gasteiger partial charge in [0.2, 0.25) is 0 Å². The van der Waals surface area contributed by atoms with Crippen molar-refractivity contribution in [2.75, 3.05) is 7.11 Å². The van der Waals surface area contributed by atoms with Gasteiger partial charge in [-0.1, -0.05) is 43.1 Å². The molecule has 0 bridgehead atoms. The molecule has 1 aromatic heterocycles. The van der Waals surface area contributed by atoms with Crippen molar-refractivity contribution in [3.8, 4) is 16.9 Å². The zero-order valence-corrected chi connectivity index (χ0v) is 17.7. The molecular weight excluding hydrogens is 404 g/mol. The molecule has 1 heterocycles. The number of benzene rings is 2. The number of ether oxygens (including phenoxy) is 2. The first-order valence-corrected chi connectivity index (χ1v) is 10.5. The van der Waals surface area contributed by atoms with Crippen molar-refractivity contribution in [3.63, 3.8) is 0 Å². The van der Waals surface area contributed by atoms with Gasteiger partial charge in [0.25, 0.3) is 0 Å². The average molecular weight is 427 g/mol. The summed E-state index contributed by atoms with van der Waals surface area (Å²) < 4.78 is 16.6. The largest absolute Gasteiger partial charge is 0.496 e. The van der Waals surface area contributed by atoms with Crippen LogP contribution in [0.15, 0.2) is 51.7 Å². The minimum atomic E-state index is -0.510. The van der Waals surface area contributed by atoms with Crippen LogP contribution in [0, 0.1) is 5.92 Å².